The minimum Gasteiger partial charge on any atom is -0.324 e. The van der Waals surface area contributed by atoms with Crippen molar-refractivity contribution in [3.63, 3.8) is 0 Å². The van der Waals surface area contributed by atoms with Crippen LogP contribution in [0.15, 0.2) is 59.4 Å². The number of hydrogen-bond donors (Lipinski definition) is 1. The topological polar surface area (TPSA) is 84.3 Å². The van der Waals surface area contributed by atoms with E-state index in [1.165, 1.54) is 12.1 Å². The number of rotatable bonds is 4. The first-order chi connectivity index (χ1) is 14.8. The fourth-order valence-corrected chi connectivity index (χ4v) is 4.00. The van der Waals surface area contributed by atoms with Gasteiger partial charge in [-0.25, -0.2) is 4.68 Å². The quantitative estimate of drug-likeness (QED) is 0.708. The number of hydrogen-bond acceptors (Lipinski definition) is 4. The lowest BCUT2D eigenvalue weighted by Gasteiger charge is -2.22. The van der Waals surface area contributed by atoms with Gasteiger partial charge in [0.2, 0.25) is 5.91 Å². The molecule has 0 saturated heterocycles. The van der Waals surface area contributed by atoms with Crippen LogP contribution in [0.3, 0.4) is 0 Å². The number of benzene rings is 2. The summed E-state index contributed by atoms with van der Waals surface area (Å²) in [6.45, 7) is 5.51. The standard InChI is InChI=1S/C24H24N4O3/c1-15-7-6-8-16(2)23(15)25-21(29)14-27-22(30)12-11-19(26-27)24(31)28-17(3)13-18-9-4-5-10-20(18)28/h4-12,17H,13-14H2,1-3H3,(H,25,29)/t17-/m0/s1. The van der Waals surface area contributed by atoms with Crippen molar-refractivity contribution < 1.29 is 9.59 Å². The summed E-state index contributed by atoms with van der Waals surface area (Å²) in [4.78, 5) is 39.8. The lowest BCUT2D eigenvalue weighted by molar-refractivity contribution is -0.117. The first kappa shape index (κ1) is 20.5. The minimum atomic E-state index is -0.442. The van der Waals surface area contributed by atoms with Crippen molar-refractivity contribution in [2.45, 2.75) is 39.8 Å². The van der Waals surface area contributed by atoms with Crippen molar-refractivity contribution in [2.75, 3.05) is 10.2 Å². The molecule has 0 radical (unpaired) electrons. The van der Waals surface area contributed by atoms with E-state index in [-0.39, 0.29) is 30.1 Å². The van der Waals surface area contributed by atoms with Crippen LogP contribution in [0.1, 0.15) is 34.1 Å². The third-order valence-corrected chi connectivity index (χ3v) is 5.55. The predicted octanol–water partition coefficient (Wildman–Crippen LogP) is 3.09. The molecule has 0 bridgehead atoms. The summed E-state index contributed by atoms with van der Waals surface area (Å²) < 4.78 is 1.03. The Hall–Kier alpha value is -3.74. The summed E-state index contributed by atoms with van der Waals surface area (Å²) in [5.41, 5.74) is 4.22. The SMILES string of the molecule is Cc1cccc(C)c1NC(=O)Cn1nc(C(=O)N2c3ccccc3C[C@@H]2C)ccc1=O. The van der Waals surface area contributed by atoms with Gasteiger partial charge >= 0.3 is 0 Å². The molecule has 31 heavy (non-hydrogen) atoms. The van der Waals surface area contributed by atoms with E-state index in [9.17, 15) is 14.4 Å². The summed E-state index contributed by atoms with van der Waals surface area (Å²) >= 11 is 0. The minimum absolute atomic E-state index is 0.0144. The highest BCUT2D eigenvalue weighted by molar-refractivity contribution is 6.06. The smallest absolute Gasteiger partial charge is 0.278 e. The maximum absolute atomic E-state index is 13.2. The van der Waals surface area contributed by atoms with Crippen molar-refractivity contribution in [1.29, 1.82) is 0 Å². The van der Waals surface area contributed by atoms with E-state index in [0.29, 0.717) is 0 Å². The van der Waals surface area contributed by atoms with Gasteiger partial charge in [-0.3, -0.25) is 14.4 Å². The van der Waals surface area contributed by atoms with Crippen molar-refractivity contribution in [2.24, 2.45) is 0 Å². The predicted molar refractivity (Wildman–Crippen MR) is 119 cm³/mol. The van der Waals surface area contributed by atoms with Crippen LogP contribution >= 0.6 is 0 Å². The second-order valence-corrected chi connectivity index (χ2v) is 7.89. The Morgan fingerprint density at radius 3 is 2.48 bits per heavy atom. The van der Waals surface area contributed by atoms with Gasteiger partial charge in [-0.1, -0.05) is 36.4 Å². The average Bonchev–Trinajstić information content (AvgIpc) is 3.07. The van der Waals surface area contributed by atoms with Gasteiger partial charge in [0.1, 0.15) is 12.2 Å². The summed E-state index contributed by atoms with van der Waals surface area (Å²) in [7, 11) is 0. The Balaban J connectivity index is 1.57. The highest BCUT2D eigenvalue weighted by atomic mass is 16.2. The fraction of sp³-hybridized carbons (Fsp3) is 0.250. The van der Waals surface area contributed by atoms with E-state index in [1.807, 2.05) is 63.2 Å². The van der Waals surface area contributed by atoms with Gasteiger partial charge in [-0.2, -0.15) is 5.10 Å². The lowest BCUT2D eigenvalue weighted by atomic mass is 10.1. The Morgan fingerprint density at radius 2 is 1.74 bits per heavy atom. The van der Waals surface area contributed by atoms with Crippen molar-refractivity contribution in [3.8, 4) is 0 Å². The molecule has 1 aliphatic rings. The van der Waals surface area contributed by atoms with Crippen LogP contribution in [0.25, 0.3) is 0 Å². The first-order valence-electron chi connectivity index (χ1n) is 10.2. The number of nitrogens with one attached hydrogen (secondary N) is 1. The third kappa shape index (κ3) is 3.99. The molecule has 0 unspecified atom stereocenters. The van der Waals surface area contributed by atoms with Crippen LogP contribution in [-0.2, 0) is 17.8 Å². The molecule has 4 rings (SSSR count). The zero-order valence-corrected chi connectivity index (χ0v) is 17.8. The Kier molecular flexibility index (Phi) is 5.42. The normalized spacial score (nSPS) is 14.9. The van der Waals surface area contributed by atoms with Crippen LogP contribution < -0.4 is 15.8 Å². The molecule has 1 N–H and O–H groups in total. The summed E-state index contributed by atoms with van der Waals surface area (Å²) in [6, 6.07) is 16.2. The fourth-order valence-electron chi connectivity index (χ4n) is 4.00. The van der Waals surface area contributed by atoms with E-state index in [0.717, 1.165) is 39.2 Å². The number of nitrogens with zero attached hydrogens (tertiary/aromatic N) is 3. The summed E-state index contributed by atoms with van der Waals surface area (Å²) in [5, 5.41) is 7.05. The zero-order valence-electron chi connectivity index (χ0n) is 17.8. The number of aryl methyl sites for hydroxylation is 2. The molecular formula is C24H24N4O3. The molecule has 0 fully saturated rings. The maximum Gasteiger partial charge on any atom is 0.278 e. The Labute approximate surface area is 180 Å². The molecule has 2 amide bonds. The molecule has 2 aromatic carbocycles. The average molecular weight is 416 g/mol. The van der Waals surface area contributed by atoms with Gasteiger partial charge in [0.15, 0.2) is 0 Å². The summed E-state index contributed by atoms with van der Waals surface area (Å²) in [6.07, 6.45) is 0.764. The third-order valence-electron chi connectivity index (χ3n) is 5.55. The number of carbonyl (C=O) groups is 2. The molecule has 7 nitrogen and oxygen atoms in total. The molecule has 1 aliphatic heterocycles. The van der Waals surface area contributed by atoms with Crippen molar-refractivity contribution >= 4 is 23.2 Å². The van der Waals surface area contributed by atoms with E-state index in [4.69, 9.17) is 0 Å². The van der Waals surface area contributed by atoms with Gasteiger partial charge in [0.25, 0.3) is 11.5 Å². The first-order valence-corrected chi connectivity index (χ1v) is 10.2. The van der Waals surface area contributed by atoms with Gasteiger partial charge in [0.05, 0.1) is 0 Å². The number of anilines is 2. The lowest BCUT2D eigenvalue weighted by Crippen LogP contribution is -2.38. The van der Waals surface area contributed by atoms with Crippen LogP contribution in [0.2, 0.25) is 0 Å². The molecule has 158 valence electrons. The molecule has 0 aliphatic carbocycles. The molecule has 7 heteroatoms. The molecule has 3 aromatic rings. The molecule has 1 atom stereocenters. The highest BCUT2D eigenvalue weighted by Crippen LogP contribution is 2.32. The van der Waals surface area contributed by atoms with Gasteiger partial charge in [-0.15, -0.1) is 0 Å². The Bertz CT molecular complexity index is 1210. The number of fused-ring (bicyclic) bond motifs is 1. The maximum atomic E-state index is 13.2. The molecule has 0 spiro atoms. The molecule has 0 saturated carbocycles. The molecule has 2 heterocycles. The van der Waals surface area contributed by atoms with Crippen molar-refractivity contribution in [1.82, 2.24) is 9.78 Å². The van der Waals surface area contributed by atoms with Crippen LogP contribution in [-0.4, -0.2) is 27.6 Å². The van der Waals surface area contributed by atoms with Gasteiger partial charge in [0, 0.05) is 23.5 Å². The summed E-state index contributed by atoms with van der Waals surface area (Å²) in [5.74, 6) is -0.669. The van der Waals surface area contributed by atoms with E-state index in [1.54, 1.807) is 4.90 Å². The van der Waals surface area contributed by atoms with E-state index in [2.05, 4.69) is 10.4 Å². The second kappa shape index (κ2) is 8.18. The highest BCUT2D eigenvalue weighted by Gasteiger charge is 2.32. The Morgan fingerprint density at radius 1 is 1.03 bits per heavy atom. The number of amides is 2. The number of carbonyl (C=O) groups excluding carboxylic acids is 2. The van der Waals surface area contributed by atoms with Gasteiger partial charge in [-0.05, 0) is 56.0 Å². The second-order valence-electron chi connectivity index (χ2n) is 7.89. The van der Waals surface area contributed by atoms with Crippen LogP contribution in [0.5, 0.6) is 0 Å². The van der Waals surface area contributed by atoms with Crippen LogP contribution in [0.4, 0.5) is 11.4 Å². The number of aromatic nitrogens is 2. The molecule has 1 aromatic heterocycles. The molecular weight excluding hydrogens is 392 g/mol. The van der Waals surface area contributed by atoms with Crippen LogP contribution in [0, 0.1) is 13.8 Å². The van der Waals surface area contributed by atoms with E-state index < -0.39 is 5.56 Å². The zero-order chi connectivity index (χ0) is 22.1. The number of para-hydroxylation sites is 2. The monoisotopic (exact) mass is 416 g/mol. The van der Waals surface area contributed by atoms with E-state index >= 15 is 0 Å². The largest absolute Gasteiger partial charge is 0.324 e. The van der Waals surface area contributed by atoms with Crippen molar-refractivity contribution in [3.05, 3.63) is 87.3 Å². The van der Waals surface area contributed by atoms with Gasteiger partial charge < -0.3 is 10.2 Å².